The zero-order valence-corrected chi connectivity index (χ0v) is 13.6. The Morgan fingerprint density at radius 3 is 1.47 bits per heavy atom. The Labute approximate surface area is 111 Å². The first-order valence-electron chi connectivity index (χ1n) is 7.64. The molecule has 0 rings (SSSR count). The molecular weight excluding hydrogens is 206 g/mol. The fourth-order valence-corrected chi connectivity index (χ4v) is 1.82. The summed E-state index contributed by atoms with van der Waals surface area (Å²) in [7, 11) is 2.05. The highest BCUT2D eigenvalue weighted by molar-refractivity contribution is 4.66. The van der Waals surface area contributed by atoms with Gasteiger partial charge in [0.25, 0.3) is 0 Å². The maximum absolute atomic E-state index is 3.31. The third-order valence-electron chi connectivity index (χ3n) is 3.72. The largest absolute Gasteiger partial charge is 0.317 e. The van der Waals surface area contributed by atoms with E-state index in [4.69, 9.17) is 0 Å². The predicted molar refractivity (Wildman–Crippen MR) is 81.5 cm³/mol. The number of rotatable bonds is 8. The third-order valence-corrected chi connectivity index (χ3v) is 3.72. The lowest BCUT2D eigenvalue weighted by Crippen LogP contribution is -2.22. The maximum Gasteiger partial charge on any atom is 0.00358 e. The van der Waals surface area contributed by atoms with Crippen LogP contribution in [0.5, 0.6) is 0 Å². The van der Waals surface area contributed by atoms with Crippen molar-refractivity contribution in [2.24, 2.45) is 17.8 Å². The zero-order chi connectivity index (χ0) is 13.8. The van der Waals surface area contributed by atoms with Crippen molar-refractivity contribution in [1.29, 1.82) is 0 Å². The van der Waals surface area contributed by atoms with Gasteiger partial charge in [-0.3, -0.25) is 0 Å². The molecule has 0 radical (unpaired) electrons. The van der Waals surface area contributed by atoms with Gasteiger partial charge in [-0.05, 0) is 44.6 Å². The van der Waals surface area contributed by atoms with Gasteiger partial charge in [-0.2, -0.15) is 0 Å². The van der Waals surface area contributed by atoms with Crippen LogP contribution < -0.4 is 5.32 Å². The van der Waals surface area contributed by atoms with E-state index < -0.39 is 0 Å². The van der Waals surface area contributed by atoms with E-state index in [9.17, 15) is 0 Å². The van der Waals surface area contributed by atoms with Gasteiger partial charge in [-0.1, -0.05) is 54.4 Å². The van der Waals surface area contributed by atoms with Gasteiger partial charge in [0.1, 0.15) is 0 Å². The lowest BCUT2D eigenvalue weighted by atomic mass is 9.85. The summed E-state index contributed by atoms with van der Waals surface area (Å²) in [6.45, 7) is 15.7. The van der Waals surface area contributed by atoms with Crippen LogP contribution in [0.2, 0.25) is 0 Å². The summed E-state index contributed by atoms with van der Waals surface area (Å²) in [5.41, 5.74) is 0. The summed E-state index contributed by atoms with van der Waals surface area (Å²) in [5, 5.41) is 3.31. The fraction of sp³-hybridized carbons (Fsp3) is 1.00. The van der Waals surface area contributed by atoms with Gasteiger partial charge in [0.05, 0.1) is 0 Å². The Morgan fingerprint density at radius 1 is 0.706 bits per heavy atom. The van der Waals surface area contributed by atoms with Gasteiger partial charge in [0, 0.05) is 6.04 Å². The van der Waals surface area contributed by atoms with E-state index in [1.807, 2.05) is 13.8 Å². The Hall–Kier alpha value is -0.0400. The summed E-state index contributed by atoms with van der Waals surface area (Å²) >= 11 is 0. The van der Waals surface area contributed by atoms with Crippen molar-refractivity contribution >= 4 is 0 Å². The Balaban J connectivity index is 0. The molecular formula is C16H37N. The monoisotopic (exact) mass is 243 g/mol. The van der Waals surface area contributed by atoms with Crippen LogP contribution in [0, 0.1) is 17.8 Å². The first kappa shape index (κ1) is 19.3. The van der Waals surface area contributed by atoms with E-state index in [-0.39, 0.29) is 0 Å². The Bertz CT molecular complexity index is 142. The van der Waals surface area contributed by atoms with Gasteiger partial charge in [0.15, 0.2) is 0 Å². The summed E-state index contributed by atoms with van der Waals surface area (Å²) < 4.78 is 0. The molecule has 0 aliphatic carbocycles. The second-order valence-electron chi connectivity index (χ2n) is 5.69. The highest BCUT2D eigenvalue weighted by atomic mass is 14.8. The minimum absolute atomic E-state index is 0.671. The van der Waals surface area contributed by atoms with Crippen LogP contribution in [0.4, 0.5) is 0 Å². The number of hydrogen-bond acceptors (Lipinski definition) is 1. The maximum atomic E-state index is 3.31. The van der Waals surface area contributed by atoms with E-state index in [0.717, 1.165) is 17.8 Å². The first-order valence-corrected chi connectivity index (χ1v) is 7.64. The van der Waals surface area contributed by atoms with Crippen molar-refractivity contribution in [2.75, 3.05) is 7.05 Å². The Kier molecular flexibility index (Phi) is 14.1. The minimum atomic E-state index is 0.671. The lowest BCUT2D eigenvalue weighted by molar-refractivity contribution is 0.306. The van der Waals surface area contributed by atoms with Gasteiger partial charge < -0.3 is 5.32 Å². The second kappa shape index (κ2) is 12.4. The molecule has 0 heterocycles. The van der Waals surface area contributed by atoms with E-state index in [2.05, 4.69) is 47.0 Å². The summed E-state index contributed by atoms with van der Waals surface area (Å²) in [6.07, 6.45) is 5.45. The highest BCUT2D eigenvalue weighted by Crippen LogP contribution is 2.23. The second-order valence-corrected chi connectivity index (χ2v) is 5.69. The van der Waals surface area contributed by atoms with Gasteiger partial charge in [0.2, 0.25) is 0 Å². The molecule has 3 unspecified atom stereocenters. The number of hydrogen-bond donors (Lipinski definition) is 1. The molecule has 0 bridgehead atoms. The molecule has 0 amide bonds. The topological polar surface area (TPSA) is 12.0 Å². The van der Waals surface area contributed by atoms with Crippen LogP contribution >= 0.6 is 0 Å². The average molecular weight is 243 g/mol. The van der Waals surface area contributed by atoms with Crippen LogP contribution in [-0.2, 0) is 0 Å². The van der Waals surface area contributed by atoms with Crippen molar-refractivity contribution < 1.29 is 0 Å². The Morgan fingerprint density at radius 2 is 1.12 bits per heavy atom. The molecule has 1 nitrogen and oxygen atoms in total. The van der Waals surface area contributed by atoms with E-state index in [1.54, 1.807) is 0 Å². The normalized spacial score (nSPS) is 16.1. The van der Waals surface area contributed by atoms with E-state index in [1.165, 1.54) is 25.7 Å². The van der Waals surface area contributed by atoms with Crippen LogP contribution in [0.3, 0.4) is 0 Å². The number of nitrogens with one attached hydrogen (secondary N) is 1. The standard InChI is InChI=1S/C14H31N.C2H6/c1-11(2)7-8-12(3)13(4)9-10-14(5)15-6;1-2/h11-15H,7-10H2,1-6H3;1-2H3. The molecule has 3 atom stereocenters. The van der Waals surface area contributed by atoms with Crippen molar-refractivity contribution in [2.45, 2.75) is 80.2 Å². The van der Waals surface area contributed by atoms with Gasteiger partial charge in [-0.15, -0.1) is 0 Å². The molecule has 106 valence electrons. The SMILES string of the molecule is CC.CNC(C)CCC(C)C(C)CCC(C)C. The van der Waals surface area contributed by atoms with Crippen LogP contribution in [-0.4, -0.2) is 13.1 Å². The summed E-state index contributed by atoms with van der Waals surface area (Å²) in [5.74, 6) is 2.62. The quantitative estimate of drug-likeness (QED) is 0.625. The lowest BCUT2D eigenvalue weighted by Gasteiger charge is -2.22. The minimum Gasteiger partial charge on any atom is -0.317 e. The predicted octanol–water partition coefficient (Wildman–Crippen LogP) is 5.11. The molecule has 1 heteroatoms. The third kappa shape index (κ3) is 12.2. The van der Waals surface area contributed by atoms with Crippen LogP contribution in [0.15, 0.2) is 0 Å². The van der Waals surface area contributed by atoms with Crippen molar-refractivity contribution in [3.8, 4) is 0 Å². The zero-order valence-electron chi connectivity index (χ0n) is 13.6. The fourth-order valence-electron chi connectivity index (χ4n) is 1.82. The van der Waals surface area contributed by atoms with E-state index in [0.29, 0.717) is 6.04 Å². The first-order chi connectivity index (χ1) is 7.97. The molecule has 0 saturated heterocycles. The summed E-state index contributed by atoms with van der Waals surface area (Å²) in [4.78, 5) is 0. The average Bonchev–Trinajstić information content (AvgIpc) is 2.34. The highest BCUT2D eigenvalue weighted by Gasteiger charge is 2.13. The van der Waals surface area contributed by atoms with Gasteiger partial charge in [-0.25, -0.2) is 0 Å². The molecule has 0 saturated carbocycles. The molecule has 1 N–H and O–H groups in total. The van der Waals surface area contributed by atoms with Crippen molar-refractivity contribution in [1.82, 2.24) is 5.32 Å². The molecule has 0 aromatic rings. The molecule has 0 aromatic heterocycles. The van der Waals surface area contributed by atoms with Crippen LogP contribution in [0.1, 0.15) is 74.1 Å². The smallest absolute Gasteiger partial charge is 0.00358 e. The molecule has 0 aliphatic rings. The molecule has 0 aromatic carbocycles. The van der Waals surface area contributed by atoms with Crippen LogP contribution in [0.25, 0.3) is 0 Å². The molecule has 0 fully saturated rings. The molecule has 17 heavy (non-hydrogen) atoms. The molecule has 0 aliphatic heterocycles. The van der Waals surface area contributed by atoms with Crippen molar-refractivity contribution in [3.05, 3.63) is 0 Å². The van der Waals surface area contributed by atoms with E-state index >= 15 is 0 Å². The molecule has 0 spiro atoms. The van der Waals surface area contributed by atoms with Gasteiger partial charge >= 0.3 is 0 Å². The van der Waals surface area contributed by atoms with Crippen molar-refractivity contribution in [3.63, 3.8) is 0 Å². The summed E-state index contributed by atoms with van der Waals surface area (Å²) in [6, 6.07) is 0.671.